The lowest BCUT2D eigenvalue weighted by atomic mass is 10.1. The standard InChI is InChI=1S/C19H27N3O5S/c1-12(16(24)20-18(26)21-19(2,3)4)27-17(25)13-9-7-8-10-14(13)28-11-15(23)22(5)6/h7-10,12H,11H2,1-6H3,(H2,20,21,24,26)/t12-/m1/s1. The largest absolute Gasteiger partial charge is 0.449 e. The van der Waals surface area contributed by atoms with Gasteiger partial charge in [0.1, 0.15) is 0 Å². The van der Waals surface area contributed by atoms with E-state index in [1.807, 2.05) is 0 Å². The summed E-state index contributed by atoms with van der Waals surface area (Å²) in [6, 6.07) is 5.99. The Morgan fingerprint density at radius 3 is 2.32 bits per heavy atom. The normalized spacial score (nSPS) is 11.9. The molecular weight excluding hydrogens is 382 g/mol. The van der Waals surface area contributed by atoms with E-state index in [-0.39, 0.29) is 17.2 Å². The van der Waals surface area contributed by atoms with E-state index in [0.717, 1.165) is 0 Å². The van der Waals surface area contributed by atoms with Crippen LogP contribution in [0.2, 0.25) is 0 Å². The van der Waals surface area contributed by atoms with Crippen LogP contribution in [0.1, 0.15) is 38.1 Å². The Balaban J connectivity index is 2.73. The van der Waals surface area contributed by atoms with Gasteiger partial charge in [-0.2, -0.15) is 0 Å². The van der Waals surface area contributed by atoms with Crippen molar-refractivity contribution in [2.24, 2.45) is 0 Å². The molecule has 0 bridgehead atoms. The molecule has 1 rings (SSSR count). The van der Waals surface area contributed by atoms with Crippen LogP contribution < -0.4 is 10.6 Å². The fourth-order valence-electron chi connectivity index (χ4n) is 1.89. The van der Waals surface area contributed by atoms with Crippen LogP contribution in [0.15, 0.2) is 29.2 Å². The van der Waals surface area contributed by atoms with Crippen molar-refractivity contribution in [1.82, 2.24) is 15.5 Å². The molecule has 28 heavy (non-hydrogen) atoms. The van der Waals surface area contributed by atoms with E-state index in [0.29, 0.717) is 4.90 Å². The summed E-state index contributed by atoms with van der Waals surface area (Å²) in [5.74, 6) is -1.37. The molecule has 0 unspecified atom stereocenters. The maximum absolute atomic E-state index is 12.5. The summed E-state index contributed by atoms with van der Waals surface area (Å²) in [6.45, 7) is 6.70. The fourth-order valence-corrected chi connectivity index (χ4v) is 2.91. The van der Waals surface area contributed by atoms with E-state index in [1.165, 1.54) is 23.6 Å². The molecule has 9 heteroatoms. The van der Waals surface area contributed by atoms with Crippen molar-refractivity contribution in [3.05, 3.63) is 29.8 Å². The summed E-state index contributed by atoms with van der Waals surface area (Å²) < 4.78 is 5.18. The molecule has 4 amide bonds. The molecule has 0 aromatic heterocycles. The van der Waals surface area contributed by atoms with Crippen molar-refractivity contribution in [2.75, 3.05) is 19.8 Å². The third kappa shape index (κ3) is 7.99. The van der Waals surface area contributed by atoms with Crippen molar-refractivity contribution in [3.8, 4) is 0 Å². The first kappa shape index (κ1) is 23.5. The van der Waals surface area contributed by atoms with E-state index >= 15 is 0 Å². The quantitative estimate of drug-likeness (QED) is 0.550. The molecule has 1 aromatic carbocycles. The van der Waals surface area contributed by atoms with E-state index in [9.17, 15) is 19.2 Å². The number of urea groups is 1. The van der Waals surface area contributed by atoms with Crippen LogP contribution in [0.3, 0.4) is 0 Å². The Morgan fingerprint density at radius 1 is 1.14 bits per heavy atom. The predicted molar refractivity (Wildman–Crippen MR) is 107 cm³/mol. The van der Waals surface area contributed by atoms with Crippen molar-refractivity contribution < 1.29 is 23.9 Å². The van der Waals surface area contributed by atoms with Crippen molar-refractivity contribution >= 4 is 35.6 Å². The second-order valence-corrected chi connectivity index (χ2v) is 8.33. The van der Waals surface area contributed by atoms with Gasteiger partial charge in [-0.3, -0.25) is 14.9 Å². The highest BCUT2D eigenvalue weighted by molar-refractivity contribution is 8.00. The zero-order valence-electron chi connectivity index (χ0n) is 17.0. The number of imide groups is 1. The Bertz CT molecular complexity index is 743. The van der Waals surface area contributed by atoms with Crippen molar-refractivity contribution in [1.29, 1.82) is 0 Å². The lowest BCUT2D eigenvalue weighted by Crippen LogP contribution is -2.50. The third-order valence-corrected chi connectivity index (χ3v) is 4.39. The van der Waals surface area contributed by atoms with Gasteiger partial charge in [0.15, 0.2) is 6.10 Å². The summed E-state index contributed by atoms with van der Waals surface area (Å²) in [7, 11) is 3.30. The van der Waals surface area contributed by atoms with Gasteiger partial charge in [0.25, 0.3) is 5.91 Å². The van der Waals surface area contributed by atoms with Crippen molar-refractivity contribution in [3.63, 3.8) is 0 Å². The molecule has 154 valence electrons. The van der Waals surface area contributed by atoms with E-state index < -0.39 is 29.6 Å². The van der Waals surface area contributed by atoms with Gasteiger partial charge >= 0.3 is 12.0 Å². The van der Waals surface area contributed by atoms with Crippen LogP contribution in [0.5, 0.6) is 0 Å². The smallest absolute Gasteiger partial charge is 0.340 e. The van der Waals surface area contributed by atoms with Crippen LogP contribution in [-0.2, 0) is 14.3 Å². The highest BCUT2D eigenvalue weighted by atomic mass is 32.2. The van der Waals surface area contributed by atoms with Gasteiger partial charge in [-0.25, -0.2) is 9.59 Å². The number of carbonyl (C=O) groups excluding carboxylic acids is 4. The summed E-state index contributed by atoms with van der Waals surface area (Å²) in [5.41, 5.74) is -0.261. The topological polar surface area (TPSA) is 105 Å². The van der Waals surface area contributed by atoms with Crippen molar-refractivity contribution in [2.45, 2.75) is 44.2 Å². The Hall–Kier alpha value is -2.55. The first-order valence-electron chi connectivity index (χ1n) is 8.66. The minimum atomic E-state index is -1.17. The van der Waals surface area contributed by atoms with E-state index in [2.05, 4.69) is 10.6 Å². The molecule has 0 fully saturated rings. The molecule has 8 nitrogen and oxygen atoms in total. The first-order valence-corrected chi connectivity index (χ1v) is 9.65. The zero-order chi connectivity index (χ0) is 21.5. The molecule has 0 heterocycles. The van der Waals surface area contributed by atoms with Crippen LogP contribution in [0.4, 0.5) is 4.79 Å². The molecule has 0 saturated carbocycles. The fraction of sp³-hybridized carbons (Fsp3) is 0.474. The number of hydrogen-bond donors (Lipinski definition) is 2. The zero-order valence-corrected chi connectivity index (χ0v) is 17.8. The number of benzene rings is 1. The third-order valence-electron chi connectivity index (χ3n) is 3.34. The minimum absolute atomic E-state index is 0.0919. The number of rotatable bonds is 6. The average Bonchev–Trinajstić information content (AvgIpc) is 2.57. The summed E-state index contributed by atoms with van der Waals surface area (Å²) in [5, 5.41) is 4.72. The molecular formula is C19H27N3O5S. The minimum Gasteiger partial charge on any atom is -0.449 e. The highest BCUT2D eigenvalue weighted by Gasteiger charge is 2.24. The maximum Gasteiger partial charge on any atom is 0.340 e. The van der Waals surface area contributed by atoms with Crippen LogP contribution in [0.25, 0.3) is 0 Å². The maximum atomic E-state index is 12.5. The molecule has 0 aliphatic carbocycles. The molecule has 0 radical (unpaired) electrons. The Kier molecular flexibility index (Phi) is 8.49. The van der Waals surface area contributed by atoms with Crippen LogP contribution in [-0.4, -0.2) is 60.2 Å². The highest BCUT2D eigenvalue weighted by Crippen LogP contribution is 2.24. The monoisotopic (exact) mass is 409 g/mol. The second kappa shape index (κ2) is 10.1. The number of carbonyl (C=O) groups is 4. The second-order valence-electron chi connectivity index (χ2n) is 7.31. The number of amides is 4. The molecule has 0 aliphatic heterocycles. The molecule has 1 aromatic rings. The number of nitrogens with zero attached hydrogens (tertiary/aromatic N) is 1. The van der Waals surface area contributed by atoms with Gasteiger partial charge < -0.3 is 15.0 Å². The van der Waals surface area contributed by atoms with E-state index in [1.54, 1.807) is 59.1 Å². The Labute approximate surface area is 169 Å². The SMILES string of the molecule is C[C@@H](OC(=O)c1ccccc1SCC(=O)N(C)C)C(=O)NC(=O)NC(C)(C)C. The van der Waals surface area contributed by atoms with Crippen LogP contribution in [0, 0.1) is 0 Å². The van der Waals surface area contributed by atoms with Gasteiger partial charge in [-0.15, -0.1) is 11.8 Å². The summed E-state index contributed by atoms with van der Waals surface area (Å²) >= 11 is 1.21. The van der Waals surface area contributed by atoms with Gasteiger partial charge in [-0.05, 0) is 39.8 Å². The lowest BCUT2D eigenvalue weighted by Gasteiger charge is -2.21. The molecule has 1 atom stereocenters. The van der Waals surface area contributed by atoms with Crippen LogP contribution >= 0.6 is 11.8 Å². The lowest BCUT2D eigenvalue weighted by molar-refractivity contribution is -0.128. The number of thioether (sulfide) groups is 1. The van der Waals surface area contributed by atoms with Gasteiger partial charge in [-0.1, -0.05) is 12.1 Å². The van der Waals surface area contributed by atoms with Gasteiger partial charge in [0.2, 0.25) is 5.91 Å². The summed E-state index contributed by atoms with van der Waals surface area (Å²) in [6.07, 6.45) is -1.17. The van der Waals surface area contributed by atoms with Gasteiger partial charge in [0.05, 0.1) is 11.3 Å². The molecule has 0 spiro atoms. The molecule has 0 aliphatic rings. The molecule has 0 saturated heterocycles. The summed E-state index contributed by atoms with van der Waals surface area (Å²) in [4.78, 5) is 50.1. The number of nitrogens with one attached hydrogen (secondary N) is 2. The average molecular weight is 410 g/mol. The Morgan fingerprint density at radius 2 is 1.75 bits per heavy atom. The number of ether oxygens (including phenoxy) is 1. The van der Waals surface area contributed by atoms with Gasteiger partial charge in [0, 0.05) is 24.5 Å². The molecule has 2 N–H and O–H groups in total. The number of esters is 1. The van der Waals surface area contributed by atoms with E-state index in [4.69, 9.17) is 4.74 Å². The first-order chi connectivity index (χ1) is 12.9. The number of hydrogen-bond acceptors (Lipinski definition) is 6. The predicted octanol–water partition coefficient (Wildman–Crippen LogP) is 2.04.